The van der Waals surface area contributed by atoms with Crippen molar-refractivity contribution >= 4 is 12.0 Å². The number of hydrogen-bond donors (Lipinski definition) is 3. The molecular formula is C13H24N2O4. The van der Waals surface area contributed by atoms with Gasteiger partial charge in [0, 0.05) is 26.2 Å². The maximum Gasteiger partial charge on any atom is 0.326 e. The van der Waals surface area contributed by atoms with E-state index in [1.54, 1.807) is 0 Å². The van der Waals surface area contributed by atoms with Crippen molar-refractivity contribution in [3.8, 4) is 0 Å². The third kappa shape index (κ3) is 5.46. The Kier molecular flexibility index (Phi) is 6.62. The number of hydrogen-bond acceptors (Lipinski definition) is 3. The first kappa shape index (κ1) is 15.8. The smallest absolute Gasteiger partial charge is 0.326 e. The van der Waals surface area contributed by atoms with E-state index >= 15 is 0 Å². The molecule has 1 fully saturated rings. The molecule has 1 rings (SSSR count). The first-order valence-corrected chi connectivity index (χ1v) is 6.83. The molecule has 2 unspecified atom stereocenters. The lowest BCUT2D eigenvalue weighted by molar-refractivity contribution is -0.139. The summed E-state index contributed by atoms with van der Waals surface area (Å²) in [4.78, 5) is 22.7. The maximum absolute atomic E-state index is 11.8. The lowest BCUT2D eigenvalue weighted by atomic mass is 10.0. The van der Waals surface area contributed by atoms with Gasteiger partial charge in [-0.2, -0.15) is 0 Å². The van der Waals surface area contributed by atoms with Gasteiger partial charge in [0.05, 0.1) is 0 Å². The molecule has 1 aliphatic rings. The summed E-state index contributed by atoms with van der Waals surface area (Å²) in [6.07, 6.45) is 4.95. The van der Waals surface area contributed by atoms with Gasteiger partial charge in [0.2, 0.25) is 0 Å². The van der Waals surface area contributed by atoms with E-state index in [0.717, 1.165) is 12.8 Å². The van der Waals surface area contributed by atoms with Gasteiger partial charge in [-0.05, 0) is 25.7 Å². The number of ether oxygens (including phenoxy) is 1. The average Bonchev–Trinajstić information content (AvgIpc) is 2.87. The molecule has 0 aliphatic heterocycles. The summed E-state index contributed by atoms with van der Waals surface area (Å²) >= 11 is 0. The highest BCUT2D eigenvalue weighted by molar-refractivity contribution is 5.82. The van der Waals surface area contributed by atoms with Gasteiger partial charge in [-0.25, -0.2) is 9.59 Å². The van der Waals surface area contributed by atoms with Crippen molar-refractivity contribution in [3.05, 3.63) is 0 Å². The minimum Gasteiger partial charge on any atom is -0.480 e. The Hall–Kier alpha value is -1.30. The van der Waals surface area contributed by atoms with E-state index in [0.29, 0.717) is 12.5 Å². The van der Waals surface area contributed by atoms with Crippen molar-refractivity contribution in [1.29, 1.82) is 0 Å². The van der Waals surface area contributed by atoms with Crippen LogP contribution in [-0.2, 0) is 9.53 Å². The summed E-state index contributed by atoms with van der Waals surface area (Å²) in [7, 11) is 1.50. The van der Waals surface area contributed by atoms with Crippen LogP contribution in [0.1, 0.15) is 39.0 Å². The minimum atomic E-state index is -1.04. The summed E-state index contributed by atoms with van der Waals surface area (Å²) in [5, 5.41) is 14.3. The van der Waals surface area contributed by atoms with Gasteiger partial charge < -0.3 is 20.5 Å². The van der Waals surface area contributed by atoms with E-state index in [2.05, 4.69) is 10.6 Å². The van der Waals surface area contributed by atoms with Crippen LogP contribution in [0.3, 0.4) is 0 Å². The highest BCUT2D eigenvalue weighted by atomic mass is 16.5. The van der Waals surface area contributed by atoms with Crippen LogP contribution in [0.4, 0.5) is 4.79 Å². The highest BCUT2D eigenvalue weighted by Gasteiger charge is 2.25. The predicted octanol–water partition coefficient (Wildman–Crippen LogP) is 1.35. The number of methoxy groups -OCH3 is 1. The monoisotopic (exact) mass is 272 g/mol. The van der Waals surface area contributed by atoms with E-state index in [9.17, 15) is 9.59 Å². The summed E-state index contributed by atoms with van der Waals surface area (Å²) in [6, 6.07) is -1.24. The van der Waals surface area contributed by atoms with Crippen LogP contribution in [-0.4, -0.2) is 42.9 Å². The Balaban J connectivity index is 2.36. The fourth-order valence-electron chi connectivity index (χ4n) is 2.48. The molecule has 0 aromatic heterocycles. The number of amides is 2. The molecule has 0 heterocycles. The number of carbonyl (C=O) groups is 2. The van der Waals surface area contributed by atoms with Crippen LogP contribution in [0.25, 0.3) is 0 Å². The van der Waals surface area contributed by atoms with E-state index in [-0.39, 0.29) is 12.5 Å². The molecule has 2 amide bonds. The molecule has 1 aliphatic carbocycles. The van der Waals surface area contributed by atoms with Gasteiger partial charge in [-0.3, -0.25) is 0 Å². The van der Waals surface area contributed by atoms with Gasteiger partial charge >= 0.3 is 12.0 Å². The normalized spacial score (nSPS) is 18.8. The Morgan fingerprint density at radius 1 is 1.32 bits per heavy atom. The second-order valence-corrected chi connectivity index (χ2v) is 5.12. The van der Waals surface area contributed by atoms with Crippen molar-refractivity contribution in [2.75, 3.05) is 13.7 Å². The lowest BCUT2D eigenvalue weighted by Crippen LogP contribution is -2.50. The van der Waals surface area contributed by atoms with E-state index in [1.165, 1.54) is 20.0 Å². The van der Waals surface area contributed by atoms with Crippen molar-refractivity contribution in [2.24, 2.45) is 5.92 Å². The van der Waals surface area contributed by atoms with Crippen LogP contribution in [0.2, 0.25) is 0 Å². The first-order chi connectivity index (χ1) is 9.04. The van der Waals surface area contributed by atoms with Gasteiger partial charge in [-0.15, -0.1) is 0 Å². The Morgan fingerprint density at radius 2 is 1.95 bits per heavy atom. The molecule has 19 heavy (non-hydrogen) atoms. The Morgan fingerprint density at radius 3 is 2.47 bits per heavy atom. The fraction of sp³-hybridized carbons (Fsp3) is 0.846. The van der Waals surface area contributed by atoms with E-state index < -0.39 is 18.0 Å². The molecule has 0 aromatic carbocycles. The summed E-state index contributed by atoms with van der Waals surface area (Å²) in [6.45, 7) is 2.27. The van der Waals surface area contributed by atoms with Crippen molar-refractivity contribution in [1.82, 2.24) is 10.6 Å². The number of carbonyl (C=O) groups excluding carboxylic acids is 1. The summed E-state index contributed by atoms with van der Waals surface area (Å²) in [5.74, 6) is -0.534. The number of carboxylic acid groups (broad SMARTS) is 1. The second kappa shape index (κ2) is 7.99. The molecule has 6 heteroatoms. The standard InChI is InChI=1S/C13H24N2O4/c1-9(10-5-3-4-6-10)14-13(18)15-11(12(16)17)7-8-19-2/h9-11H,3-8H2,1-2H3,(H,16,17)(H2,14,15,18). The van der Waals surface area contributed by atoms with Crippen LogP contribution >= 0.6 is 0 Å². The van der Waals surface area contributed by atoms with Gasteiger partial charge in [-0.1, -0.05) is 12.8 Å². The number of carboxylic acids is 1. The Labute approximate surface area is 113 Å². The number of aliphatic carboxylic acids is 1. The molecule has 6 nitrogen and oxygen atoms in total. The molecule has 0 aromatic rings. The SMILES string of the molecule is COCCC(NC(=O)NC(C)C1CCCC1)C(=O)O. The molecule has 0 radical (unpaired) electrons. The molecule has 0 spiro atoms. The molecule has 0 saturated heterocycles. The highest BCUT2D eigenvalue weighted by Crippen LogP contribution is 2.27. The Bertz CT molecular complexity index is 303. The van der Waals surface area contributed by atoms with Gasteiger partial charge in [0.1, 0.15) is 6.04 Å². The van der Waals surface area contributed by atoms with Crippen LogP contribution in [0.5, 0.6) is 0 Å². The van der Waals surface area contributed by atoms with Crippen molar-refractivity contribution in [2.45, 2.75) is 51.1 Å². The molecule has 3 N–H and O–H groups in total. The zero-order chi connectivity index (χ0) is 14.3. The first-order valence-electron chi connectivity index (χ1n) is 6.83. The average molecular weight is 272 g/mol. The predicted molar refractivity (Wildman–Crippen MR) is 71.0 cm³/mol. The van der Waals surface area contributed by atoms with Crippen LogP contribution in [0.15, 0.2) is 0 Å². The van der Waals surface area contributed by atoms with Gasteiger partial charge in [0.15, 0.2) is 0 Å². The number of urea groups is 1. The van der Waals surface area contributed by atoms with Crippen LogP contribution in [0, 0.1) is 5.92 Å². The summed E-state index contributed by atoms with van der Waals surface area (Å²) < 4.78 is 4.83. The van der Waals surface area contributed by atoms with E-state index in [1.807, 2.05) is 6.92 Å². The topological polar surface area (TPSA) is 87.7 Å². The van der Waals surface area contributed by atoms with E-state index in [4.69, 9.17) is 9.84 Å². The third-order valence-electron chi connectivity index (χ3n) is 3.68. The number of rotatable bonds is 7. The zero-order valence-electron chi connectivity index (χ0n) is 11.6. The molecular weight excluding hydrogens is 248 g/mol. The fourth-order valence-corrected chi connectivity index (χ4v) is 2.48. The second-order valence-electron chi connectivity index (χ2n) is 5.12. The minimum absolute atomic E-state index is 0.0828. The number of nitrogens with one attached hydrogen (secondary N) is 2. The summed E-state index contributed by atoms with van der Waals surface area (Å²) in [5.41, 5.74) is 0. The van der Waals surface area contributed by atoms with Crippen molar-refractivity contribution in [3.63, 3.8) is 0 Å². The molecule has 2 atom stereocenters. The van der Waals surface area contributed by atoms with Gasteiger partial charge in [0.25, 0.3) is 0 Å². The molecule has 1 saturated carbocycles. The quantitative estimate of drug-likeness (QED) is 0.653. The largest absolute Gasteiger partial charge is 0.480 e. The van der Waals surface area contributed by atoms with Crippen molar-refractivity contribution < 1.29 is 19.4 Å². The maximum atomic E-state index is 11.8. The molecule has 110 valence electrons. The zero-order valence-corrected chi connectivity index (χ0v) is 11.6. The van der Waals surface area contributed by atoms with Crippen LogP contribution < -0.4 is 10.6 Å². The lowest BCUT2D eigenvalue weighted by Gasteiger charge is -2.22. The third-order valence-corrected chi connectivity index (χ3v) is 3.68. The molecule has 0 bridgehead atoms.